The van der Waals surface area contributed by atoms with Crippen LogP contribution in [-0.4, -0.2) is 37.9 Å². The molecule has 1 amide bonds. The van der Waals surface area contributed by atoms with Crippen LogP contribution < -0.4 is 5.32 Å². The number of hydrogen-bond donors (Lipinski definition) is 1. The molecule has 0 aliphatic rings. The van der Waals surface area contributed by atoms with Crippen molar-refractivity contribution in [1.29, 1.82) is 0 Å². The Kier molecular flexibility index (Phi) is 4.92. The number of benzene rings is 1. The molecule has 8 nitrogen and oxygen atoms in total. The van der Waals surface area contributed by atoms with Gasteiger partial charge in [0.2, 0.25) is 15.8 Å². The number of amides is 1. The van der Waals surface area contributed by atoms with Gasteiger partial charge in [-0.15, -0.1) is 0 Å². The highest BCUT2D eigenvalue weighted by molar-refractivity contribution is 7.89. The van der Waals surface area contributed by atoms with Gasteiger partial charge in [-0.2, -0.15) is 0 Å². The maximum absolute atomic E-state index is 12.2. The van der Waals surface area contributed by atoms with Crippen molar-refractivity contribution in [1.82, 2.24) is 14.8 Å². The van der Waals surface area contributed by atoms with E-state index in [9.17, 15) is 13.2 Å². The number of carbonyl (C=O) groups excluding carboxylic acids is 1. The van der Waals surface area contributed by atoms with Crippen LogP contribution in [0.15, 0.2) is 62.6 Å². The van der Waals surface area contributed by atoms with E-state index in [2.05, 4.69) is 10.5 Å². The second-order valence-corrected chi connectivity index (χ2v) is 7.81. The van der Waals surface area contributed by atoms with Crippen molar-refractivity contribution in [2.75, 3.05) is 14.1 Å². The molecule has 1 aromatic carbocycles. The van der Waals surface area contributed by atoms with Gasteiger partial charge < -0.3 is 14.3 Å². The zero-order valence-corrected chi connectivity index (χ0v) is 15.0. The molecule has 0 aliphatic heterocycles. The summed E-state index contributed by atoms with van der Waals surface area (Å²) in [7, 11) is -0.625. The van der Waals surface area contributed by atoms with Gasteiger partial charge in [-0.1, -0.05) is 5.16 Å². The molecule has 0 bridgehead atoms. The lowest BCUT2D eigenvalue weighted by atomic mass is 10.2. The fraction of sp³-hybridized carbons (Fsp3) is 0.176. The third-order valence-corrected chi connectivity index (χ3v) is 5.48. The van der Waals surface area contributed by atoms with Gasteiger partial charge in [-0.25, -0.2) is 12.7 Å². The van der Waals surface area contributed by atoms with Crippen molar-refractivity contribution < 1.29 is 22.2 Å². The quantitative estimate of drug-likeness (QED) is 0.707. The largest absolute Gasteiger partial charge is 0.461 e. The molecule has 0 radical (unpaired) electrons. The topological polar surface area (TPSA) is 106 Å². The van der Waals surface area contributed by atoms with Gasteiger partial charge in [-0.3, -0.25) is 4.79 Å². The summed E-state index contributed by atoms with van der Waals surface area (Å²) in [6.45, 7) is 0.167. The molecule has 2 heterocycles. The fourth-order valence-corrected chi connectivity index (χ4v) is 3.09. The minimum absolute atomic E-state index is 0.124. The molecule has 0 spiro atoms. The van der Waals surface area contributed by atoms with Crippen LogP contribution in [0.4, 0.5) is 0 Å². The number of rotatable bonds is 6. The smallest absolute Gasteiger partial charge is 0.251 e. The lowest BCUT2D eigenvalue weighted by Crippen LogP contribution is -2.24. The first-order valence-corrected chi connectivity index (χ1v) is 9.12. The molecule has 0 saturated heterocycles. The van der Waals surface area contributed by atoms with E-state index < -0.39 is 10.0 Å². The van der Waals surface area contributed by atoms with E-state index >= 15 is 0 Å². The first-order valence-electron chi connectivity index (χ1n) is 7.68. The summed E-state index contributed by atoms with van der Waals surface area (Å²) in [4.78, 5) is 12.3. The van der Waals surface area contributed by atoms with Crippen LogP contribution in [0.5, 0.6) is 0 Å². The molecular weight excluding hydrogens is 358 g/mol. The van der Waals surface area contributed by atoms with Gasteiger partial charge in [-0.05, 0) is 36.4 Å². The van der Waals surface area contributed by atoms with E-state index in [1.165, 1.54) is 44.6 Å². The van der Waals surface area contributed by atoms with E-state index in [4.69, 9.17) is 8.94 Å². The van der Waals surface area contributed by atoms with Gasteiger partial charge in [0.25, 0.3) is 5.91 Å². The monoisotopic (exact) mass is 375 g/mol. The van der Waals surface area contributed by atoms with E-state index in [1.807, 2.05) is 0 Å². The van der Waals surface area contributed by atoms with Crippen molar-refractivity contribution in [3.8, 4) is 11.5 Å². The number of nitrogens with zero attached hydrogens (tertiary/aromatic N) is 2. The number of sulfonamides is 1. The van der Waals surface area contributed by atoms with Gasteiger partial charge in [0.1, 0.15) is 5.69 Å². The summed E-state index contributed by atoms with van der Waals surface area (Å²) in [6.07, 6.45) is 1.53. The van der Waals surface area contributed by atoms with Gasteiger partial charge in [0.15, 0.2) is 5.76 Å². The Morgan fingerprint density at radius 3 is 2.50 bits per heavy atom. The molecule has 0 aliphatic carbocycles. The maximum Gasteiger partial charge on any atom is 0.251 e. The van der Waals surface area contributed by atoms with Crippen LogP contribution in [0.2, 0.25) is 0 Å². The van der Waals surface area contributed by atoms with Crippen LogP contribution in [0.25, 0.3) is 11.5 Å². The number of nitrogens with one attached hydrogen (secondary N) is 1. The normalized spacial score (nSPS) is 11.7. The third-order valence-electron chi connectivity index (χ3n) is 3.65. The fourth-order valence-electron chi connectivity index (χ4n) is 2.19. The second-order valence-electron chi connectivity index (χ2n) is 5.65. The van der Waals surface area contributed by atoms with Crippen molar-refractivity contribution in [3.63, 3.8) is 0 Å². The van der Waals surface area contributed by atoms with Gasteiger partial charge >= 0.3 is 0 Å². The minimum Gasteiger partial charge on any atom is -0.461 e. The van der Waals surface area contributed by atoms with Crippen LogP contribution >= 0.6 is 0 Å². The number of hydrogen-bond acceptors (Lipinski definition) is 6. The highest BCUT2D eigenvalue weighted by Gasteiger charge is 2.17. The molecule has 0 saturated carbocycles. The number of aromatic nitrogens is 1. The molecule has 3 aromatic rings. The van der Waals surface area contributed by atoms with E-state index in [0.717, 1.165) is 4.31 Å². The van der Waals surface area contributed by atoms with Crippen LogP contribution in [0.3, 0.4) is 0 Å². The van der Waals surface area contributed by atoms with Crippen molar-refractivity contribution >= 4 is 15.9 Å². The molecule has 2 aromatic heterocycles. The highest BCUT2D eigenvalue weighted by Crippen LogP contribution is 2.20. The maximum atomic E-state index is 12.2. The summed E-state index contributed by atoms with van der Waals surface area (Å²) in [5, 5.41) is 6.57. The van der Waals surface area contributed by atoms with E-state index in [0.29, 0.717) is 22.8 Å². The molecule has 1 N–H and O–H groups in total. The Morgan fingerprint density at radius 2 is 1.88 bits per heavy atom. The van der Waals surface area contributed by atoms with Crippen molar-refractivity contribution in [2.45, 2.75) is 11.4 Å². The molecule has 9 heteroatoms. The minimum atomic E-state index is -3.52. The van der Waals surface area contributed by atoms with Crippen molar-refractivity contribution in [3.05, 3.63) is 60.0 Å². The summed E-state index contributed by atoms with van der Waals surface area (Å²) < 4.78 is 35.5. The highest BCUT2D eigenvalue weighted by atomic mass is 32.2. The molecule has 0 unspecified atom stereocenters. The van der Waals surface area contributed by atoms with Crippen LogP contribution in [0, 0.1) is 0 Å². The van der Waals surface area contributed by atoms with E-state index in [1.54, 1.807) is 18.2 Å². The Hall–Kier alpha value is -2.91. The Labute approximate surface area is 150 Å². The lowest BCUT2D eigenvalue weighted by molar-refractivity contribution is 0.0950. The van der Waals surface area contributed by atoms with Crippen LogP contribution in [0.1, 0.15) is 16.1 Å². The molecule has 26 heavy (non-hydrogen) atoms. The summed E-state index contributed by atoms with van der Waals surface area (Å²) >= 11 is 0. The summed E-state index contributed by atoms with van der Waals surface area (Å²) in [5.74, 6) is 0.673. The zero-order chi connectivity index (χ0) is 18.7. The SMILES string of the molecule is CN(C)S(=O)(=O)c1ccc(C(=O)NCc2cc(-c3ccco3)on2)cc1. The van der Waals surface area contributed by atoms with Crippen LogP contribution in [-0.2, 0) is 16.6 Å². The molecule has 0 fully saturated rings. The first kappa shape index (κ1) is 17.9. The third kappa shape index (κ3) is 3.68. The molecule has 136 valence electrons. The Balaban J connectivity index is 1.64. The summed E-state index contributed by atoms with van der Waals surface area (Å²) in [5.41, 5.74) is 0.883. The lowest BCUT2D eigenvalue weighted by Gasteiger charge is -2.11. The average Bonchev–Trinajstić information content (AvgIpc) is 3.31. The molecular formula is C17H17N3O5S. The average molecular weight is 375 g/mol. The predicted octanol–water partition coefficient (Wildman–Crippen LogP) is 2.11. The predicted molar refractivity (Wildman–Crippen MR) is 92.7 cm³/mol. The second kappa shape index (κ2) is 7.14. The number of carbonyl (C=O) groups is 1. The van der Waals surface area contributed by atoms with Gasteiger partial charge in [0, 0.05) is 25.7 Å². The van der Waals surface area contributed by atoms with E-state index in [-0.39, 0.29) is 17.3 Å². The molecule has 3 rings (SSSR count). The Morgan fingerprint density at radius 1 is 1.15 bits per heavy atom. The van der Waals surface area contributed by atoms with Gasteiger partial charge in [0.05, 0.1) is 17.7 Å². The van der Waals surface area contributed by atoms with Crippen molar-refractivity contribution in [2.24, 2.45) is 0 Å². The first-order chi connectivity index (χ1) is 12.4. The number of furan rings is 1. The molecule has 0 atom stereocenters. The standard InChI is InChI=1S/C17H17N3O5S/c1-20(2)26(22,23)14-7-5-12(6-8-14)17(21)18-11-13-10-16(25-19-13)15-4-3-9-24-15/h3-10H,11H2,1-2H3,(H,18,21). The Bertz CT molecular complexity index is 989. The zero-order valence-electron chi connectivity index (χ0n) is 14.2. The summed E-state index contributed by atoms with van der Waals surface area (Å²) in [6, 6.07) is 10.9.